The molecule has 3 nitrogen and oxygen atoms in total. The van der Waals surface area contributed by atoms with Crippen LogP contribution in [0.2, 0.25) is 0 Å². The van der Waals surface area contributed by atoms with E-state index in [1.54, 1.807) is 0 Å². The van der Waals surface area contributed by atoms with Gasteiger partial charge in [0.25, 0.3) is 0 Å². The molecule has 158 valence electrons. The van der Waals surface area contributed by atoms with Crippen molar-refractivity contribution >= 4 is 0 Å². The Bertz CT molecular complexity index is 419. The van der Waals surface area contributed by atoms with Crippen LogP contribution in [0.5, 0.6) is 0 Å². The Morgan fingerprint density at radius 2 is 1.33 bits per heavy atom. The molecule has 1 aliphatic heterocycles. The van der Waals surface area contributed by atoms with Crippen LogP contribution in [-0.2, 0) is 14.2 Å². The molecule has 0 unspecified atom stereocenters. The third-order valence-electron chi connectivity index (χ3n) is 6.99. The quantitative estimate of drug-likeness (QED) is 0.579. The van der Waals surface area contributed by atoms with Crippen LogP contribution in [0.3, 0.4) is 0 Å². The van der Waals surface area contributed by atoms with E-state index in [-0.39, 0.29) is 18.6 Å². The van der Waals surface area contributed by atoms with E-state index < -0.39 is 12.6 Å². The topological polar surface area (TPSA) is 27.7 Å². The van der Waals surface area contributed by atoms with Crippen molar-refractivity contribution in [1.29, 1.82) is 0 Å². The van der Waals surface area contributed by atoms with Crippen LogP contribution in [-0.4, -0.2) is 38.9 Å². The van der Waals surface area contributed by atoms with Crippen molar-refractivity contribution < 1.29 is 27.4 Å². The molecule has 0 N–H and O–H groups in total. The van der Waals surface area contributed by atoms with Crippen LogP contribution in [0.15, 0.2) is 0 Å². The maximum Gasteiger partial charge on any atom is 0.389 e. The zero-order valence-corrected chi connectivity index (χ0v) is 16.5. The van der Waals surface area contributed by atoms with Gasteiger partial charge in [-0.25, -0.2) is 0 Å². The predicted molar refractivity (Wildman–Crippen MR) is 97.3 cm³/mol. The number of rotatable bonds is 6. The average Bonchev–Trinajstić information content (AvgIpc) is 2.68. The molecule has 0 atom stereocenters. The van der Waals surface area contributed by atoms with Crippen molar-refractivity contribution in [2.75, 3.05) is 20.3 Å². The summed E-state index contributed by atoms with van der Waals surface area (Å²) in [4.78, 5) is 0. The van der Waals surface area contributed by atoms with Gasteiger partial charge in [-0.3, -0.25) is 0 Å². The number of hydrogen-bond acceptors (Lipinski definition) is 3. The van der Waals surface area contributed by atoms with Gasteiger partial charge in [-0.2, -0.15) is 13.2 Å². The van der Waals surface area contributed by atoms with E-state index in [1.807, 2.05) is 7.11 Å². The minimum absolute atomic E-state index is 0.107. The first-order chi connectivity index (χ1) is 12.9. The fourth-order valence-electron chi connectivity index (χ4n) is 5.27. The first-order valence-corrected chi connectivity index (χ1v) is 10.8. The van der Waals surface area contributed by atoms with Crippen LogP contribution < -0.4 is 0 Å². The summed E-state index contributed by atoms with van der Waals surface area (Å²) in [5.41, 5.74) is 0. The first kappa shape index (κ1) is 21.4. The Balaban J connectivity index is 1.31. The summed E-state index contributed by atoms with van der Waals surface area (Å²) in [6.07, 6.45) is 6.06. The second-order valence-corrected chi connectivity index (χ2v) is 8.86. The van der Waals surface area contributed by atoms with Gasteiger partial charge in [-0.15, -0.1) is 0 Å². The number of halogens is 3. The smallest absolute Gasteiger partial charge is 0.381 e. The average molecular weight is 393 g/mol. The molecule has 0 aromatic carbocycles. The molecule has 0 aromatic rings. The van der Waals surface area contributed by atoms with Crippen molar-refractivity contribution in [3.8, 4) is 0 Å². The van der Waals surface area contributed by atoms with E-state index in [4.69, 9.17) is 14.2 Å². The molecule has 0 aromatic heterocycles. The second kappa shape index (κ2) is 9.93. The molecule has 3 fully saturated rings. The largest absolute Gasteiger partial charge is 0.389 e. The van der Waals surface area contributed by atoms with E-state index in [0.717, 1.165) is 24.7 Å². The summed E-state index contributed by atoms with van der Waals surface area (Å²) >= 11 is 0. The highest BCUT2D eigenvalue weighted by atomic mass is 19.4. The van der Waals surface area contributed by atoms with E-state index in [9.17, 15) is 13.2 Å². The summed E-state index contributed by atoms with van der Waals surface area (Å²) in [5.74, 6) is 2.24. The highest BCUT2D eigenvalue weighted by Gasteiger charge is 2.36. The van der Waals surface area contributed by atoms with Crippen molar-refractivity contribution in [3.63, 3.8) is 0 Å². The Morgan fingerprint density at radius 1 is 0.815 bits per heavy atom. The van der Waals surface area contributed by atoms with Crippen LogP contribution in [0.1, 0.15) is 70.6 Å². The van der Waals surface area contributed by atoms with Gasteiger partial charge in [0, 0.05) is 25.4 Å². The Kier molecular flexibility index (Phi) is 7.86. The van der Waals surface area contributed by atoms with Gasteiger partial charge in [0.05, 0.1) is 19.3 Å². The summed E-state index contributed by atoms with van der Waals surface area (Å²) in [6.45, 7) is 1.09. The summed E-state index contributed by atoms with van der Waals surface area (Å²) in [5, 5.41) is 0. The van der Waals surface area contributed by atoms with Gasteiger partial charge >= 0.3 is 6.18 Å². The van der Waals surface area contributed by atoms with Crippen LogP contribution >= 0.6 is 0 Å². The fourth-order valence-corrected chi connectivity index (χ4v) is 5.27. The number of methoxy groups -OCH3 is 1. The SMILES string of the molecule is CO[C@H]1CC[C@H]([C@H]2CC[C@H]([C@H]3OC[C@H](CCCC(F)(F)F)CO3)CC2)CC1. The van der Waals surface area contributed by atoms with E-state index in [0.29, 0.717) is 31.7 Å². The molecular weight excluding hydrogens is 357 g/mol. The predicted octanol–water partition coefficient (Wildman–Crippen LogP) is 5.72. The molecular formula is C21H35F3O3. The molecule has 1 heterocycles. The van der Waals surface area contributed by atoms with Crippen molar-refractivity contribution in [3.05, 3.63) is 0 Å². The van der Waals surface area contributed by atoms with Crippen LogP contribution in [0.25, 0.3) is 0 Å². The second-order valence-electron chi connectivity index (χ2n) is 8.86. The molecule has 2 saturated carbocycles. The Morgan fingerprint density at radius 3 is 1.85 bits per heavy atom. The van der Waals surface area contributed by atoms with E-state index in [2.05, 4.69) is 0 Å². The fraction of sp³-hybridized carbons (Fsp3) is 1.00. The summed E-state index contributed by atoms with van der Waals surface area (Å²) in [6, 6.07) is 0. The molecule has 0 radical (unpaired) electrons. The summed E-state index contributed by atoms with van der Waals surface area (Å²) in [7, 11) is 1.82. The molecule has 1 saturated heterocycles. The zero-order chi connectivity index (χ0) is 19.3. The number of alkyl halides is 3. The Labute approximate surface area is 161 Å². The van der Waals surface area contributed by atoms with Gasteiger partial charge in [-0.05, 0) is 76.0 Å². The van der Waals surface area contributed by atoms with Crippen molar-refractivity contribution in [2.45, 2.75) is 89.2 Å². The molecule has 3 rings (SSSR count). The van der Waals surface area contributed by atoms with E-state index in [1.165, 1.54) is 38.5 Å². The van der Waals surface area contributed by atoms with Gasteiger partial charge in [0.1, 0.15) is 0 Å². The van der Waals surface area contributed by atoms with E-state index >= 15 is 0 Å². The molecule has 27 heavy (non-hydrogen) atoms. The van der Waals surface area contributed by atoms with Gasteiger partial charge in [0.15, 0.2) is 6.29 Å². The summed E-state index contributed by atoms with van der Waals surface area (Å²) < 4.78 is 54.0. The van der Waals surface area contributed by atoms with Crippen LogP contribution in [0, 0.1) is 23.7 Å². The molecule has 3 aliphatic rings. The maximum absolute atomic E-state index is 12.2. The minimum atomic E-state index is -4.06. The standard InChI is InChI=1S/C21H35F3O3/c1-25-19-10-8-17(9-11-19)16-4-6-18(7-5-16)20-26-13-15(14-27-20)3-2-12-21(22,23)24/h15-20H,2-14H2,1H3/t15-,16-,17-,18-,19-,20-. The van der Waals surface area contributed by atoms with Crippen molar-refractivity contribution in [2.24, 2.45) is 23.7 Å². The lowest BCUT2D eigenvalue weighted by Crippen LogP contribution is -2.39. The third kappa shape index (κ3) is 6.60. The lowest BCUT2D eigenvalue weighted by atomic mass is 9.70. The number of ether oxygens (including phenoxy) is 3. The molecule has 0 bridgehead atoms. The van der Waals surface area contributed by atoms with Crippen molar-refractivity contribution in [1.82, 2.24) is 0 Å². The first-order valence-electron chi connectivity index (χ1n) is 10.8. The van der Waals surface area contributed by atoms with Crippen LogP contribution in [0.4, 0.5) is 13.2 Å². The molecule has 0 spiro atoms. The molecule has 6 heteroatoms. The molecule has 2 aliphatic carbocycles. The number of hydrogen-bond donors (Lipinski definition) is 0. The lowest BCUT2D eigenvalue weighted by Gasteiger charge is -2.41. The van der Waals surface area contributed by atoms with Gasteiger partial charge < -0.3 is 14.2 Å². The monoisotopic (exact) mass is 392 g/mol. The maximum atomic E-state index is 12.2. The Hall–Kier alpha value is -0.330. The molecule has 0 amide bonds. The highest BCUT2D eigenvalue weighted by Crippen LogP contribution is 2.42. The highest BCUT2D eigenvalue weighted by molar-refractivity contribution is 4.83. The lowest BCUT2D eigenvalue weighted by molar-refractivity contribution is -0.231. The normalized spacial score (nSPS) is 38.7. The van der Waals surface area contributed by atoms with Gasteiger partial charge in [0.2, 0.25) is 0 Å². The third-order valence-corrected chi connectivity index (χ3v) is 6.99. The zero-order valence-electron chi connectivity index (χ0n) is 16.5. The minimum Gasteiger partial charge on any atom is -0.381 e. The van der Waals surface area contributed by atoms with Gasteiger partial charge in [-0.1, -0.05) is 0 Å².